The van der Waals surface area contributed by atoms with Crippen LogP contribution in [0.4, 0.5) is 0 Å². The molecule has 1 aromatic heterocycles. The number of sulfonamides is 1. The van der Waals surface area contributed by atoms with Crippen molar-refractivity contribution >= 4 is 44.4 Å². The first kappa shape index (κ1) is 19.6. The highest BCUT2D eigenvalue weighted by molar-refractivity contribution is 7.94. The van der Waals surface area contributed by atoms with Crippen LogP contribution in [0.5, 0.6) is 0 Å². The van der Waals surface area contributed by atoms with Crippen molar-refractivity contribution in [1.29, 1.82) is 0 Å². The van der Waals surface area contributed by atoms with Gasteiger partial charge in [0.2, 0.25) is 0 Å². The quantitative estimate of drug-likeness (QED) is 0.719. The van der Waals surface area contributed by atoms with Crippen molar-refractivity contribution in [3.05, 3.63) is 45.0 Å². The molecule has 9 heteroatoms. The molecule has 1 aromatic carbocycles. The van der Waals surface area contributed by atoms with Crippen molar-refractivity contribution in [2.75, 3.05) is 0 Å². The van der Waals surface area contributed by atoms with Crippen LogP contribution in [0.15, 0.2) is 28.7 Å². The number of aryl methyl sites for hydroxylation is 1. The topological polar surface area (TPSA) is 96.5 Å². The molecule has 3 aliphatic carbocycles. The number of rotatable bonds is 3. The summed E-state index contributed by atoms with van der Waals surface area (Å²) < 4.78 is 32.5. The number of halogens is 1. The lowest BCUT2D eigenvalue weighted by atomic mass is 9.71. The molecule has 1 saturated carbocycles. The van der Waals surface area contributed by atoms with E-state index in [2.05, 4.69) is 4.98 Å². The molecule has 2 heterocycles. The number of esters is 1. The Bertz CT molecular complexity index is 1240. The lowest BCUT2D eigenvalue weighted by Gasteiger charge is -2.34. The van der Waals surface area contributed by atoms with Gasteiger partial charge in [-0.25, -0.2) is 13.2 Å². The Morgan fingerprint density at radius 3 is 2.57 bits per heavy atom. The fourth-order valence-corrected chi connectivity index (χ4v) is 7.48. The van der Waals surface area contributed by atoms with E-state index in [0.717, 1.165) is 40.9 Å². The van der Waals surface area contributed by atoms with E-state index in [0.29, 0.717) is 16.2 Å². The minimum atomic E-state index is -3.98. The molecular weight excluding hydrogens is 428 g/mol. The van der Waals surface area contributed by atoms with Crippen LogP contribution in [-0.2, 0) is 19.6 Å². The lowest BCUT2D eigenvalue weighted by Crippen LogP contribution is -2.42. The average Bonchev–Trinajstić information content (AvgIpc) is 3.15. The second-order valence-electron chi connectivity index (χ2n) is 8.25. The molecule has 1 amide bonds. The Kier molecular flexibility index (Phi) is 4.31. The summed E-state index contributed by atoms with van der Waals surface area (Å²) in [6.45, 7) is 3.18. The Hall–Kier alpha value is -2.32. The zero-order valence-corrected chi connectivity index (χ0v) is 18.1. The summed E-state index contributed by atoms with van der Waals surface area (Å²) in [5.41, 5.74) is 1.99. The third kappa shape index (κ3) is 2.66. The van der Waals surface area contributed by atoms with Gasteiger partial charge in [-0.2, -0.15) is 4.31 Å². The SMILES string of the molecule is Cc1c(C(=O)OC(C)N2C(=O)C3=C(C4CCC3CC4)S2(=O)=O)[nH]c2ccc(Cl)cc12. The van der Waals surface area contributed by atoms with Gasteiger partial charge in [-0.3, -0.25) is 4.79 Å². The monoisotopic (exact) mass is 448 g/mol. The third-order valence-corrected chi connectivity index (χ3v) is 8.90. The van der Waals surface area contributed by atoms with Gasteiger partial charge in [-0.05, 0) is 75.1 Å². The predicted molar refractivity (Wildman–Crippen MR) is 111 cm³/mol. The van der Waals surface area contributed by atoms with E-state index < -0.39 is 28.1 Å². The minimum absolute atomic E-state index is 0.0131. The number of allylic oxidation sites excluding steroid dienone is 1. The molecular formula is C21H21ClN2O5S. The molecule has 4 aliphatic rings. The molecule has 6 rings (SSSR count). The van der Waals surface area contributed by atoms with Gasteiger partial charge < -0.3 is 9.72 Å². The zero-order chi connectivity index (χ0) is 21.4. The lowest BCUT2D eigenvalue weighted by molar-refractivity contribution is -0.128. The fraction of sp³-hybridized carbons (Fsp3) is 0.429. The first-order chi connectivity index (χ1) is 14.2. The summed E-state index contributed by atoms with van der Waals surface area (Å²) in [6, 6.07) is 5.20. The van der Waals surface area contributed by atoms with Crippen molar-refractivity contribution in [3.63, 3.8) is 0 Å². The van der Waals surface area contributed by atoms with E-state index in [4.69, 9.17) is 16.3 Å². The Morgan fingerprint density at radius 2 is 1.90 bits per heavy atom. The van der Waals surface area contributed by atoms with Crippen LogP contribution in [0.1, 0.15) is 48.7 Å². The normalized spacial score (nSPS) is 25.7. The number of fused-ring (bicyclic) bond motifs is 3. The number of hydrogen-bond acceptors (Lipinski definition) is 5. The van der Waals surface area contributed by atoms with E-state index in [-0.39, 0.29) is 22.4 Å². The highest BCUT2D eigenvalue weighted by atomic mass is 35.5. The van der Waals surface area contributed by atoms with Gasteiger partial charge in [0.1, 0.15) is 5.69 Å². The van der Waals surface area contributed by atoms with E-state index in [1.165, 1.54) is 6.92 Å². The number of aromatic nitrogens is 1. The summed E-state index contributed by atoms with van der Waals surface area (Å²) in [5.74, 6) is -1.38. The molecule has 2 bridgehead atoms. The molecule has 0 radical (unpaired) electrons. The van der Waals surface area contributed by atoms with Crippen LogP contribution in [0.25, 0.3) is 10.9 Å². The van der Waals surface area contributed by atoms with Gasteiger partial charge >= 0.3 is 5.97 Å². The van der Waals surface area contributed by atoms with E-state index in [1.54, 1.807) is 25.1 Å². The maximum atomic E-state index is 13.2. The van der Waals surface area contributed by atoms with Crippen molar-refractivity contribution in [3.8, 4) is 0 Å². The number of carbonyl (C=O) groups is 2. The fourth-order valence-electron chi connectivity index (χ4n) is 5.15. The van der Waals surface area contributed by atoms with E-state index in [9.17, 15) is 18.0 Å². The van der Waals surface area contributed by atoms with Crippen LogP contribution in [0.3, 0.4) is 0 Å². The number of amides is 1. The summed E-state index contributed by atoms with van der Waals surface area (Å²) >= 11 is 6.04. The summed E-state index contributed by atoms with van der Waals surface area (Å²) in [7, 11) is -3.98. The van der Waals surface area contributed by atoms with Crippen molar-refractivity contribution in [1.82, 2.24) is 9.29 Å². The maximum absolute atomic E-state index is 13.2. The zero-order valence-electron chi connectivity index (χ0n) is 16.6. The van der Waals surface area contributed by atoms with Gasteiger partial charge in [0.15, 0.2) is 6.23 Å². The molecule has 2 aromatic rings. The molecule has 7 nitrogen and oxygen atoms in total. The highest BCUT2D eigenvalue weighted by Crippen LogP contribution is 2.52. The Labute approximate surface area is 179 Å². The number of nitrogens with one attached hydrogen (secondary N) is 1. The smallest absolute Gasteiger partial charge is 0.356 e. The number of benzene rings is 1. The van der Waals surface area contributed by atoms with Gasteiger partial charge in [0, 0.05) is 21.5 Å². The first-order valence-corrected chi connectivity index (χ1v) is 11.8. The second kappa shape index (κ2) is 6.59. The van der Waals surface area contributed by atoms with Crippen LogP contribution in [0.2, 0.25) is 5.02 Å². The molecule has 1 unspecified atom stereocenters. The average molecular weight is 449 g/mol. The van der Waals surface area contributed by atoms with Gasteiger partial charge in [-0.1, -0.05) is 11.6 Å². The van der Waals surface area contributed by atoms with Gasteiger partial charge in [0.05, 0.1) is 4.91 Å². The maximum Gasteiger partial charge on any atom is 0.356 e. The summed E-state index contributed by atoms with van der Waals surface area (Å²) in [6.07, 6.45) is 2.01. The van der Waals surface area contributed by atoms with Gasteiger partial charge in [0.25, 0.3) is 15.9 Å². The number of hydrogen-bond donors (Lipinski definition) is 1. The summed E-state index contributed by atoms with van der Waals surface area (Å²) in [5, 5.41) is 1.32. The number of carbonyl (C=O) groups excluding carboxylic acids is 2. The number of ether oxygens (including phenoxy) is 1. The van der Waals surface area contributed by atoms with Gasteiger partial charge in [-0.15, -0.1) is 0 Å². The summed E-state index contributed by atoms with van der Waals surface area (Å²) in [4.78, 5) is 29.1. The van der Waals surface area contributed by atoms with Crippen LogP contribution in [0, 0.1) is 18.8 Å². The first-order valence-electron chi connectivity index (χ1n) is 10.0. The number of aromatic amines is 1. The van der Waals surface area contributed by atoms with Crippen LogP contribution >= 0.6 is 11.6 Å². The molecule has 0 spiro atoms. The second-order valence-corrected chi connectivity index (χ2v) is 10.5. The van der Waals surface area contributed by atoms with Crippen molar-refractivity contribution < 1.29 is 22.7 Å². The van der Waals surface area contributed by atoms with Crippen molar-refractivity contribution in [2.45, 2.75) is 45.8 Å². The standard InChI is InChI=1S/C21H21ClN2O5S/c1-10-15-9-14(22)7-8-16(15)23-18(10)21(26)29-11(2)24-20(25)17-12-3-5-13(6-4-12)19(17)30(24,27)28/h7-9,11-13,23H,3-6H2,1-2H3. The van der Waals surface area contributed by atoms with E-state index in [1.807, 2.05) is 0 Å². The molecule has 1 fully saturated rings. The van der Waals surface area contributed by atoms with Crippen LogP contribution < -0.4 is 0 Å². The van der Waals surface area contributed by atoms with Crippen LogP contribution in [-0.4, -0.2) is 35.8 Å². The largest absolute Gasteiger partial charge is 0.436 e. The molecule has 0 saturated heterocycles. The molecule has 30 heavy (non-hydrogen) atoms. The third-order valence-electron chi connectivity index (χ3n) is 6.57. The number of nitrogens with zero attached hydrogens (tertiary/aromatic N) is 1. The van der Waals surface area contributed by atoms with E-state index >= 15 is 0 Å². The van der Waals surface area contributed by atoms with Crippen molar-refractivity contribution in [2.24, 2.45) is 11.8 Å². The minimum Gasteiger partial charge on any atom is -0.436 e. The Balaban J connectivity index is 1.44. The highest BCUT2D eigenvalue weighted by Gasteiger charge is 2.55. The molecule has 158 valence electrons. The Morgan fingerprint density at radius 1 is 1.23 bits per heavy atom. The predicted octanol–water partition coefficient (Wildman–Crippen LogP) is 3.88. The molecule has 1 N–H and O–H groups in total. The molecule has 1 atom stereocenters. The molecule has 1 aliphatic heterocycles. The number of H-pyrrole nitrogens is 1.